The third-order valence-electron chi connectivity index (χ3n) is 3.53. The third kappa shape index (κ3) is 4.02. The van der Waals surface area contributed by atoms with Gasteiger partial charge < -0.3 is 10.1 Å². The van der Waals surface area contributed by atoms with Crippen LogP contribution in [0.5, 0.6) is 5.75 Å². The van der Waals surface area contributed by atoms with Crippen LogP contribution in [0, 0.1) is 0 Å². The summed E-state index contributed by atoms with van der Waals surface area (Å²) in [5.74, 6) is 1.03. The molecule has 1 unspecified atom stereocenters. The zero-order valence-electron chi connectivity index (χ0n) is 11.6. The van der Waals surface area contributed by atoms with Gasteiger partial charge in [0.2, 0.25) is 0 Å². The number of nitrogens with one attached hydrogen (secondary N) is 1. The summed E-state index contributed by atoms with van der Waals surface area (Å²) >= 11 is 0. The van der Waals surface area contributed by atoms with Crippen molar-refractivity contribution >= 4 is 0 Å². The second kappa shape index (κ2) is 6.79. The monoisotopic (exact) mass is 247 g/mol. The molecule has 0 amide bonds. The standard InChI is InChI=1S/C16H25NO/c1-3-4-5-9-16(17-2)13-7-6-8-15(12-13)18-14-10-11-14/h6-8,12,14,16-17H,3-5,9-11H2,1-2H3. The Hall–Kier alpha value is -1.02. The molecule has 100 valence electrons. The van der Waals surface area contributed by atoms with Crippen LogP contribution in [0.25, 0.3) is 0 Å². The molecule has 0 aliphatic heterocycles. The van der Waals surface area contributed by atoms with E-state index in [1.807, 2.05) is 7.05 Å². The first-order valence-electron chi connectivity index (χ1n) is 7.27. The fourth-order valence-electron chi connectivity index (χ4n) is 2.26. The summed E-state index contributed by atoms with van der Waals surface area (Å²) < 4.78 is 5.86. The van der Waals surface area contributed by atoms with Crippen LogP contribution in [0.15, 0.2) is 24.3 Å². The minimum absolute atomic E-state index is 0.458. The summed E-state index contributed by atoms with van der Waals surface area (Å²) in [6.45, 7) is 2.25. The van der Waals surface area contributed by atoms with Gasteiger partial charge in [-0.1, -0.05) is 38.3 Å². The molecule has 1 aliphatic rings. The van der Waals surface area contributed by atoms with Crippen molar-refractivity contribution in [3.63, 3.8) is 0 Å². The summed E-state index contributed by atoms with van der Waals surface area (Å²) in [6, 6.07) is 9.04. The molecule has 0 aromatic heterocycles. The Morgan fingerprint density at radius 1 is 1.33 bits per heavy atom. The molecule has 2 heteroatoms. The molecule has 0 bridgehead atoms. The predicted octanol–water partition coefficient (Wildman–Crippen LogP) is 4.07. The first-order valence-corrected chi connectivity index (χ1v) is 7.27. The Kier molecular flexibility index (Phi) is 5.06. The minimum atomic E-state index is 0.458. The molecule has 0 saturated heterocycles. The Morgan fingerprint density at radius 2 is 2.17 bits per heavy atom. The minimum Gasteiger partial charge on any atom is -0.490 e. The molecule has 2 nitrogen and oxygen atoms in total. The fraction of sp³-hybridized carbons (Fsp3) is 0.625. The molecular weight excluding hydrogens is 222 g/mol. The zero-order valence-corrected chi connectivity index (χ0v) is 11.6. The van der Waals surface area contributed by atoms with Crippen molar-refractivity contribution in [3.05, 3.63) is 29.8 Å². The van der Waals surface area contributed by atoms with Crippen molar-refractivity contribution in [2.75, 3.05) is 7.05 Å². The lowest BCUT2D eigenvalue weighted by atomic mass is 10.0. The summed E-state index contributed by atoms with van der Waals surface area (Å²) in [5.41, 5.74) is 1.35. The average molecular weight is 247 g/mol. The summed E-state index contributed by atoms with van der Waals surface area (Å²) in [5, 5.41) is 3.42. The lowest BCUT2D eigenvalue weighted by Crippen LogP contribution is -2.16. The van der Waals surface area contributed by atoms with Crippen molar-refractivity contribution in [2.24, 2.45) is 0 Å². The Labute approximate surface area is 111 Å². The number of ether oxygens (including phenoxy) is 1. The topological polar surface area (TPSA) is 21.3 Å². The highest BCUT2D eigenvalue weighted by molar-refractivity contribution is 5.31. The number of benzene rings is 1. The highest BCUT2D eigenvalue weighted by Gasteiger charge is 2.23. The van der Waals surface area contributed by atoms with E-state index < -0.39 is 0 Å². The van der Waals surface area contributed by atoms with Crippen LogP contribution in [0.1, 0.15) is 57.1 Å². The number of hydrogen-bond acceptors (Lipinski definition) is 2. The molecule has 1 saturated carbocycles. The summed E-state index contributed by atoms with van der Waals surface area (Å²) in [4.78, 5) is 0. The average Bonchev–Trinajstić information content (AvgIpc) is 3.19. The van der Waals surface area contributed by atoms with E-state index in [-0.39, 0.29) is 0 Å². The molecule has 0 radical (unpaired) electrons. The van der Waals surface area contributed by atoms with Crippen molar-refractivity contribution in [1.29, 1.82) is 0 Å². The van der Waals surface area contributed by atoms with Crippen LogP contribution in [-0.2, 0) is 0 Å². The van der Waals surface area contributed by atoms with Crippen molar-refractivity contribution in [3.8, 4) is 5.75 Å². The maximum Gasteiger partial charge on any atom is 0.120 e. The zero-order chi connectivity index (χ0) is 12.8. The normalized spacial score (nSPS) is 16.6. The van der Waals surface area contributed by atoms with E-state index >= 15 is 0 Å². The Bertz CT molecular complexity index is 360. The van der Waals surface area contributed by atoms with Gasteiger partial charge in [-0.3, -0.25) is 0 Å². The molecular formula is C16H25NO. The highest BCUT2D eigenvalue weighted by atomic mass is 16.5. The van der Waals surface area contributed by atoms with Gasteiger partial charge in [0.15, 0.2) is 0 Å². The number of rotatable bonds is 8. The molecule has 1 atom stereocenters. The van der Waals surface area contributed by atoms with E-state index in [1.54, 1.807) is 0 Å². The van der Waals surface area contributed by atoms with Gasteiger partial charge >= 0.3 is 0 Å². The van der Waals surface area contributed by atoms with Gasteiger partial charge in [0, 0.05) is 6.04 Å². The van der Waals surface area contributed by atoms with Gasteiger partial charge in [-0.25, -0.2) is 0 Å². The molecule has 1 aliphatic carbocycles. The molecule has 1 aromatic rings. The SMILES string of the molecule is CCCCCC(NC)c1cccc(OC2CC2)c1. The number of unbranched alkanes of at least 4 members (excludes halogenated alkanes) is 2. The van der Waals surface area contributed by atoms with Gasteiger partial charge in [0.25, 0.3) is 0 Å². The Balaban J connectivity index is 1.95. The third-order valence-corrected chi connectivity index (χ3v) is 3.53. The van der Waals surface area contributed by atoms with E-state index in [9.17, 15) is 0 Å². The molecule has 1 aromatic carbocycles. The predicted molar refractivity (Wildman–Crippen MR) is 76.0 cm³/mol. The van der Waals surface area contributed by atoms with Gasteiger partial charge in [0.1, 0.15) is 5.75 Å². The molecule has 0 spiro atoms. The van der Waals surface area contributed by atoms with E-state index in [0.717, 1.165) is 5.75 Å². The second-order valence-electron chi connectivity index (χ2n) is 5.23. The lowest BCUT2D eigenvalue weighted by Gasteiger charge is -2.17. The van der Waals surface area contributed by atoms with E-state index in [4.69, 9.17) is 4.74 Å². The summed E-state index contributed by atoms with van der Waals surface area (Å²) in [6.07, 6.45) is 8.00. The first kappa shape index (κ1) is 13.4. The number of hydrogen-bond donors (Lipinski definition) is 1. The Morgan fingerprint density at radius 3 is 2.83 bits per heavy atom. The largest absolute Gasteiger partial charge is 0.490 e. The lowest BCUT2D eigenvalue weighted by molar-refractivity contribution is 0.302. The van der Waals surface area contributed by atoms with Gasteiger partial charge in [0.05, 0.1) is 6.10 Å². The molecule has 2 rings (SSSR count). The van der Waals surface area contributed by atoms with E-state index in [0.29, 0.717) is 12.1 Å². The van der Waals surface area contributed by atoms with Crippen LogP contribution in [0.2, 0.25) is 0 Å². The highest BCUT2D eigenvalue weighted by Crippen LogP contribution is 2.29. The van der Waals surface area contributed by atoms with Crippen LogP contribution in [-0.4, -0.2) is 13.2 Å². The van der Waals surface area contributed by atoms with Crippen LogP contribution < -0.4 is 10.1 Å². The van der Waals surface area contributed by atoms with E-state index in [2.05, 4.69) is 36.5 Å². The maximum absolute atomic E-state index is 5.86. The second-order valence-corrected chi connectivity index (χ2v) is 5.23. The van der Waals surface area contributed by atoms with Gasteiger partial charge in [-0.05, 0) is 44.0 Å². The summed E-state index contributed by atoms with van der Waals surface area (Å²) in [7, 11) is 2.05. The van der Waals surface area contributed by atoms with Crippen molar-refractivity contribution in [2.45, 2.75) is 57.6 Å². The molecule has 0 heterocycles. The van der Waals surface area contributed by atoms with Crippen molar-refractivity contribution < 1.29 is 4.74 Å². The van der Waals surface area contributed by atoms with E-state index in [1.165, 1.54) is 44.1 Å². The van der Waals surface area contributed by atoms with Gasteiger partial charge in [-0.2, -0.15) is 0 Å². The van der Waals surface area contributed by atoms with Crippen molar-refractivity contribution in [1.82, 2.24) is 5.32 Å². The quantitative estimate of drug-likeness (QED) is 0.699. The smallest absolute Gasteiger partial charge is 0.120 e. The van der Waals surface area contributed by atoms with Crippen LogP contribution in [0.4, 0.5) is 0 Å². The molecule has 18 heavy (non-hydrogen) atoms. The first-order chi connectivity index (χ1) is 8.83. The molecule has 1 fully saturated rings. The van der Waals surface area contributed by atoms with Crippen LogP contribution >= 0.6 is 0 Å². The molecule has 1 N–H and O–H groups in total. The fourth-order valence-corrected chi connectivity index (χ4v) is 2.26. The van der Waals surface area contributed by atoms with Gasteiger partial charge in [-0.15, -0.1) is 0 Å². The maximum atomic E-state index is 5.86. The van der Waals surface area contributed by atoms with Crippen LogP contribution in [0.3, 0.4) is 0 Å².